The van der Waals surface area contributed by atoms with Gasteiger partial charge in [0.15, 0.2) is 12.3 Å². The lowest BCUT2D eigenvalue weighted by atomic mass is 9.75. The summed E-state index contributed by atoms with van der Waals surface area (Å²) in [6.45, 7) is 6.99. The molecule has 2 atom stereocenters. The van der Waals surface area contributed by atoms with E-state index in [2.05, 4.69) is 0 Å². The Labute approximate surface area is 426 Å². The maximum absolute atomic E-state index is 12.3. The van der Waals surface area contributed by atoms with Crippen LogP contribution >= 0.6 is 0 Å². The highest BCUT2D eigenvalue weighted by atomic mass is 32.2. The van der Waals surface area contributed by atoms with E-state index in [4.69, 9.17) is 38.0 Å². The zero-order valence-corrected chi connectivity index (χ0v) is 43.7. The normalized spacial score (nSPS) is 19.8. The zero-order valence-electron chi connectivity index (χ0n) is 41.3. The Morgan fingerprint density at radius 3 is 1.77 bits per heavy atom. The summed E-state index contributed by atoms with van der Waals surface area (Å²) in [5.74, 6) is -2.53. The summed E-state index contributed by atoms with van der Waals surface area (Å²) in [7, 11) is -11.3. The van der Waals surface area contributed by atoms with Gasteiger partial charge in [0, 0.05) is 80.5 Å². The summed E-state index contributed by atoms with van der Waals surface area (Å²) in [5.41, 5.74) is 1.47. The van der Waals surface area contributed by atoms with Crippen molar-refractivity contribution >= 4 is 65.2 Å². The Morgan fingerprint density at radius 1 is 0.685 bits per heavy atom. The van der Waals surface area contributed by atoms with Crippen LogP contribution in [0.5, 0.6) is 0 Å². The van der Waals surface area contributed by atoms with Gasteiger partial charge < -0.3 is 56.6 Å². The van der Waals surface area contributed by atoms with Crippen LogP contribution in [0.25, 0.3) is 0 Å². The Morgan fingerprint density at radius 2 is 1.22 bits per heavy atom. The summed E-state index contributed by atoms with van der Waals surface area (Å²) in [6.07, 6.45) is 5.63. The molecule has 0 saturated carbocycles. The van der Waals surface area contributed by atoms with Crippen LogP contribution in [0.15, 0.2) is 70.1 Å². The standard InChI is InChI=1S/C47H65N3O20S3/c1-46(16-6-32-71(54,55)56)37-33-35(72(57,58)59)9-11-39(37)48(18-22-64-4)41(46)7-5-8-42-47(2,17-21-63-3)38-34-36(73(60,61)62)10-12-40(38)49(42)19-23-66-25-27-68-29-31-69-30-28-67-26-24-65-20-15-45(53)70-50-43(51)13-14-44(50)52/h5,7-12,33-34H,6,13-32H2,1-4H3,(H2-,54,55,56,57,58,59,60,61,62)/p-2. The van der Waals surface area contributed by atoms with Crippen molar-refractivity contribution < 1.29 is 95.9 Å². The Hall–Kier alpha value is -4.55. The third kappa shape index (κ3) is 16.2. The molecule has 406 valence electrons. The predicted octanol–water partition coefficient (Wildman–Crippen LogP) is 2.16. The van der Waals surface area contributed by atoms with Gasteiger partial charge in [-0.25, -0.2) is 30.0 Å². The molecule has 0 aliphatic carbocycles. The molecule has 26 heteroatoms. The molecular formula is C47H63N3O20S3-2. The molecule has 3 heterocycles. The number of ether oxygens (including phenoxy) is 7. The van der Waals surface area contributed by atoms with E-state index in [1.54, 1.807) is 25.1 Å². The first-order valence-electron chi connectivity index (χ1n) is 23.4. The van der Waals surface area contributed by atoms with Crippen molar-refractivity contribution in [1.29, 1.82) is 0 Å². The van der Waals surface area contributed by atoms with Crippen LogP contribution in [0.1, 0.15) is 63.5 Å². The highest BCUT2D eigenvalue weighted by molar-refractivity contribution is 7.86. The average molecular weight is 1090 g/mol. The van der Waals surface area contributed by atoms with Crippen molar-refractivity contribution in [3.63, 3.8) is 0 Å². The molecule has 0 radical (unpaired) electrons. The van der Waals surface area contributed by atoms with Gasteiger partial charge in [-0.2, -0.15) is 4.58 Å². The number of carbonyl (C=O) groups excluding carboxylic acids is 3. The number of nitrogens with zero attached hydrogens (tertiary/aromatic N) is 3. The molecule has 1 fully saturated rings. The molecule has 2 aromatic rings. The topological polar surface area (TPSA) is 306 Å². The van der Waals surface area contributed by atoms with Crippen LogP contribution in [-0.2, 0) is 93.6 Å². The number of carbonyl (C=O) groups is 3. The van der Waals surface area contributed by atoms with Crippen molar-refractivity contribution in [2.24, 2.45) is 0 Å². The molecule has 2 amide bonds. The number of hydrogen-bond acceptors (Lipinski definition) is 21. The van der Waals surface area contributed by atoms with Gasteiger partial charge in [-0.05, 0) is 75.1 Å². The first-order chi connectivity index (χ1) is 34.5. The number of fused-ring (bicyclic) bond motifs is 2. The highest BCUT2D eigenvalue weighted by Gasteiger charge is 2.48. The molecule has 23 nitrogen and oxygen atoms in total. The number of methoxy groups -OCH3 is 2. The largest absolute Gasteiger partial charge is 0.748 e. The summed E-state index contributed by atoms with van der Waals surface area (Å²) in [5, 5.41) is 0.486. The number of benzene rings is 2. The second-order valence-corrected chi connectivity index (χ2v) is 21.8. The molecule has 5 rings (SSSR count). The van der Waals surface area contributed by atoms with Crippen LogP contribution in [0.2, 0.25) is 0 Å². The second kappa shape index (κ2) is 26.8. The molecule has 1 saturated heterocycles. The molecule has 0 spiro atoms. The zero-order chi connectivity index (χ0) is 53.5. The minimum absolute atomic E-state index is 0.0132. The van der Waals surface area contributed by atoms with Crippen LogP contribution in [0.3, 0.4) is 0 Å². The fourth-order valence-electron chi connectivity index (χ4n) is 8.80. The van der Waals surface area contributed by atoms with Crippen molar-refractivity contribution in [1.82, 2.24) is 5.06 Å². The van der Waals surface area contributed by atoms with Gasteiger partial charge in [-0.1, -0.05) is 6.08 Å². The van der Waals surface area contributed by atoms with Gasteiger partial charge in [0.1, 0.15) is 26.8 Å². The Kier molecular flexibility index (Phi) is 21.8. The van der Waals surface area contributed by atoms with E-state index in [-0.39, 0.29) is 118 Å². The highest BCUT2D eigenvalue weighted by Crippen LogP contribution is 2.51. The number of hydroxylamine groups is 2. The quantitative estimate of drug-likeness (QED) is 0.0428. The molecular weight excluding hydrogens is 1020 g/mol. The van der Waals surface area contributed by atoms with Gasteiger partial charge in [0.25, 0.3) is 11.8 Å². The molecule has 73 heavy (non-hydrogen) atoms. The van der Waals surface area contributed by atoms with Crippen molar-refractivity contribution in [3.8, 4) is 0 Å². The SMILES string of the molecule is COCC[N+]1=C(/C=C/C=C2/N(CCOCCOCCOCCOCCOCCC(=O)ON3C(=O)CCC3=O)c3ccc(S(=O)(=O)[O-])cc3C2(C)CCOC)C(C)(CCCS(=O)(=O)[O-])c2cc(S(=O)(=O)[O-])ccc21. The molecule has 3 aliphatic rings. The maximum atomic E-state index is 12.3. The van der Waals surface area contributed by atoms with Crippen LogP contribution in [-0.4, -0.2) is 184 Å². The molecule has 0 bridgehead atoms. The number of amides is 2. The van der Waals surface area contributed by atoms with Crippen molar-refractivity contribution in [2.75, 3.05) is 117 Å². The molecule has 2 unspecified atom stereocenters. The van der Waals surface area contributed by atoms with Crippen LogP contribution in [0.4, 0.5) is 11.4 Å². The van der Waals surface area contributed by atoms with E-state index < -0.39 is 74.5 Å². The molecule has 0 N–H and O–H groups in total. The first kappa shape index (κ1) is 59.3. The second-order valence-electron chi connectivity index (χ2n) is 17.5. The maximum Gasteiger partial charge on any atom is 0.335 e. The van der Waals surface area contributed by atoms with E-state index in [9.17, 15) is 53.3 Å². The average Bonchev–Trinajstić information content (AvgIpc) is 3.85. The van der Waals surface area contributed by atoms with E-state index in [1.165, 1.54) is 44.6 Å². The van der Waals surface area contributed by atoms with Gasteiger partial charge in [-0.3, -0.25) is 9.59 Å². The minimum Gasteiger partial charge on any atom is -0.748 e. The van der Waals surface area contributed by atoms with Gasteiger partial charge in [-0.15, -0.1) is 5.06 Å². The lowest BCUT2D eigenvalue weighted by Crippen LogP contribution is -2.33. The number of hydrogen-bond donors (Lipinski definition) is 0. The number of allylic oxidation sites excluding steroid dienone is 4. The molecule has 2 aromatic carbocycles. The number of rotatable bonds is 33. The fraction of sp³-hybridized carbons (Fsp3) is 0.574. The van der Waals surface area contributed by atoms with Gasteiger partial charge >= 0.3 is 5.97 Å². The fourth-order valence-corrected chi connectivity index (χ4v) is 10.3. The minimum atomic E-state index is -4.89. The summed E-state index contributed by atoms with van der Waals surface area (Å²) in [4.78, 5) is 40.7. The van der Waals surface area contributed by atoms with Crippen LogP contribution < -0.4 is 4.90 Å². The predicted molar refractivity (Wildman–Crippen MR) is 256 cm³/mol. The monoisotopic (exact) mass is 1090 g/mol. The van der Waals surface area contributed by atoms with Gasteiger partial charge in [0.2, 0.25) is 5.69 Å². The van der Waals surface area contributed by atoms with E-state index in [0.29, 0.717) is 52.0 Å². The van der Waals surface area contributed by atoms with Crippen molar-refractivity contribution in [3.05, 3.63) is 71.5 Å². The lowest BCUT2D eigenvalue weighted by molar-refractivity contribution is -0.441. The summed E-state index contributed by atoms with van der Waals surface area (Å²) in [6, 6.07) is 8.19. The summed E-state index contributed by atoms with van der Waals surface area (Å²) >= 11 is 0. The summed E-state index contributed by atoms with van der Waals surface area (Å²) < 4.78 is 149. The Bertz CT molecular complexity index is 2690. The molecule has 0 aromatic heterocycles. The lowest BCUT2D eigenvalue weighted by Gasteiger charge is -2.30. The van der Waals surface area contributed by atoms with E-state index in [0.717, 1.165) is 0 Å². The number of anilines is 1. The first-order valence-corrected chi connectivity index (χ1v) is 27.8. The third-order valence-corrected chi connectivity index (χ3v) is 14.9. The Balaban J connectivity index is 1.21. The third-order valence-electron chi connectivity index (χ3n) is 12.5. The van der Waals surface area contributed by atoms with E-state index >= 15 is 0 Å². The van der Waals surface area contributed by atoms with Crippen LogP contribution in [0, 0.1) is 0 Å². The number of imide groups is 1. The molecule has 3 aliphatic heterocycles. The van der Waals surface area contributed by atoms with Gasteiger partial charge in [0.05, 0.1) is 97.8 Å². The van der Waals surface area contributed by atoms with Crippen molar-refractivity contribution in [2.45, 2.75) is 73.0 Å². The van der Waals surface area contributed by atoms with E-state index in [1.807, 2.05) is 22.5 Å². The smallest absolute Gasteiger partial charge is 0.335 e.